The van der Waals surface area contributed by atoms with Crippen LogP contribution in [0, 0.1) is 6.92 Å². The van der Waals surface area contributed by atoms with Gasteiger partial charge >= 0.3 is 0 Å². The molecule has 2 aromatic carbocycles. The van der Waals surface area contributed by atoms with Gasteiger partial charge in [-0.3, -0.25) is 0 Å². The summed E-state index contributed by atoms with van der Waals surface area (Å²) in [5.41, 5.74) is -1.46. The molecule has 0 aliphatic heterocycles. The van der Waals surface area contributed by atoms with Gasteiger partial charge in [0.1, 0.15) is 12.4 Å². The molecule has 1 N–H and O–H groups in total. The molecule has 0 fully saturated rings. The van der Waals surface area contributed by atoms with Crippen LogP contribution < -0.4 is 14.2 Å². The van der Waals surface area contributed by atoms with Crippen molar-refractivity contribution < 1.29 is 46.7 Å². The van der Waals surface area contributed by atoms with Crippen LogP contribution in [0.2, 0.25) is 0 Å². The number of hydrogen-bond donors (Lipinski definition) is 1. The molecule has 0 aliphatic rings. The monoisotopic (exact) mass is 364 g/mol. The van der Waals surface area contributed by atoms with Gasteiger partial charge in [-0.1, -0.05) is 24.5 Å². The van der Waals surface area contributed by atoms with Crippen LogP contribution in [0.1, 0.15) is 57.7 Å². The Hall–Kier alpha value is -2.20. The fourth-order valence-electron chi connectivity index (χ4n) is 1.54. The molecule has 0 saturated heterocycles. The van der Waals surface area contributed by atoms with E-state index in [9.17, 15) is 5.11 Å². The number of rotatable bonds is 10. The van der Waals surface area contributed by atoms with Crippen LogP contribution in [0.5, 0.6) is 17.2 Å². The van der Waals surface area contributed by atoms with Crippen LogP contribution in [0.25, 0.3) is 0 Å². The van der Waals surface area contributed by atoms with Crippen molar-refractivity contribution in [3.63, 3.8) is 0 Å². The number of aliphatic hydroxyl groups is 1. The first-order chi connectivity index (χ1) is 19.9. The lowest BCUT2D eigenvalue weighted by atomic mass is 10.0. The Bertz CT molecular complexity index is 1420. The molecule has 0 amide bonds. The summed E-state index contributed by atoms with van der Waals surface area (Å²) in [6, 6.07) is -6.52. The van der Waals surface area contributed by atoms with Crippen molar-refractivity contribution >= 4 is 0 Å². The van der Waals surface area contributed by atoms with Crippen molar-refractivity contribution in [1.82, 2.24) is 0 Å². The average molecular weight is 365 g/mol. The Morgan fingerprint density at radius 1 is 1.20 bits per heavy atom. The van der Waals surface area contributed by atoms with Crippen molar-refractivity contribution in [3.8, 4) is 17.2 Å². The highest BCUT2D eigenvalue weighted by molar-refractivity contribution is 5.42. The van der Waals surface area contributed by atoms with Gasteiger partial charge in [0.15, 0.2) is 11.5 Å². The summed E-state index contributed by atoms with van der Waals surface area (Å²) in [7, 11) is -6.79. The topological polar surface area (TPSA) is 47.9 Å². The first kappa shape index (κ1) is 5.65. The minimum Gasteiger partial charge on any atom is -0.493 e. The number of ether oxygens (including phenoxy) is 3. The first-order valence-corrected chi connectivity index (χ1v) is 6.84. The van der Waals surface area contributed by atoms with Crippen molar-refractivity contribution in [2.75, 3.05) is 20.7 Å². The molecular formula is C21H28O4. The summed E-state index contributed by atoms with van der Waals surface area (Å²) in [6.07, 6.45) is -15.9. The highest BCUT2D eigenvalue weighted by atomic mass is 16.5. The van der Waals surface area contributed by atoms with Crippen LogP contribution in [0.15, 0.2) is 42.3 Å². The van der Waals surface area contributed by atoms with Crippen molar-refractivity contribution in [1.29, 1.82) is 0 Å². The Balaban J connectivity index is 2.59. The van der Waals surface area contributed by atoms with Gasteiger partial charge < -0.3 is 19.3 Å². The number of hydrogen-bond acceptors (Lipinski definition) is 4. The molecule has 1 atom stereocenters. The highest BCUT2D eigenvalue weighted by Crippen LogP contribution is 2.28. The molecule has 25 heavy (non-hydrogen) atoms. The number of benzene rings is 2. The van der Waals surface area contributed by atoms with Crippen molar-refractivity contribution in [2.24, 2.45) is 0 Å². The van der Waals surface area contributed by atoms with E-state index in [0.29, 0.717) is 0 Å². The maximum absolute atomic E-state index is 10.7. The van der Waals surface area contributed by atoms with E-state index in [1.54, 1.807) is 0 Å². The minimum atomic E-state index is -3.68. The van der Waals surface area contributed by atoms with Crippen LogP contribution in [-0.2, 0) is 6.37 Å². The molecule has 0 heterocycles. The summed E-state index contributed by atoms with van der Waals surface area (Å²) < 4.78 is 172. The first-order valence-electron chi connectivity index (χ1n) is 16.8. The summed E-state index contributed by atoms with van der Waals surface area (Å²) in [5, 5.41) is 10.7. The lowest BCUT2D eigenvalue weighted by Gasteiger charge is -2.13. The van der Waals surface area contributed by atoms with E-state index in [0.717, 1.165) is 0 Å². The van der Waals surface area contributed by atoms with E-state index in [2.05, 4.69) is 9.47 Å². The molecule has 2 rings (SSSR count). The normalized spacial score (nSPS) is 27.4. The van der Waals surface area contributed by atoms with Gasteiger partial charge in [-0.2, -0.15) is 0 Å². The third kappa shape index (κ3) is 6.31. The molecule has 1 unspecified atom stereocenters. The predicted octanol–water partition coefficient (Wildman–Crippen LogP) is 4.16. The van der Waals surface area contributed by atoms with E-state index >= 15 is 0 Å². The zero-order valence-electron chi connectivity index (χ0n) is 33.1. The zero-order valence-corrected chi connectivity index (χ0v) is 13.1. The summed E-state index contributed by atoms with van der Waals surface area (Å²) in [5.74, 6) is -3.27. The van der Waals surface area contributed by atoms with E-state index < -0.39 is 117 Å². The highest BCUT2D eigenvalue weighted by Gasteiger charge is 2.07. The van der Waals surface area contributed by atoms with Crippen LogP contribution >= 0.6 is 0 Å². The van der Waals surface area contributed by atoms with Gasteiger partial charge in [0, 0.05) is 8.22 Å². The fraction of sp³-hybridized carbons (Fsp3) is 0.429. The van der Waals surface area contributed by atoms with E-state index in [1.807, 2.05) is 0 Å². The Morgan fingerprint density at radius 2 is 2.04 bits per heavy atom. The lowest BCUT2D eigenvalue weighted by Crippen LogP contribution is -2.17. The zero-order chi connectivity index (χ0) is 35.5. The molecule has 4 heteroatoms. The second-order valence-electron chi connectivity index (χ2n) is 4.46. The Morgan fingerprint density at radius 3 is 2.88 bits per heavy atom. The van der Waals surface area contributed by atoms with Gasteiger partial charge in [-0.15, -0.1) is 0 Å². The molecule has 2 aromatic rings. The standard InChI is InChI=1S/C21H28O4/c1-16-7-6-10-19(13-16)25-15-18(22)9-5-4-8-17-11-12-20(23-2)21(14-17)24-3/h6-7,10-14,18,22H,4-5,8-9,15H2,1-3H3/i2D3,3D3,4D2,6D,7D,8D2,9D2,10D,11D,12D,13D,14D,18D. The van der Waals surface area contributed by atoms with Crippen LogP contribution in [0.4, 0.5) is 0 Å². The number of methoxy groups -OCH3 is 2. The lowest BCUT2D eigenvalue weighted by molar-refractivity contribution is 0.0976. The molecule has 4 nitrogen and oxygen atoms in total. The Labute approximate surface area is 178 Å². The molecule has 0 radical (unpaired) electrons. The second kappa shape index (κ2) is 9.94. The molecule has 0 aromatic heterocycles. The molecule has 136 valence electrons. The van der Waals surface area contributed by atoms with Gasteiger partial charge in [0.2, 0.25) is 0 Å². The third-order valence-electron chi connectivity index (χ3n) is 2.62. The molecule has 0 saturated carbocycles. The molecule has 0 aliphatic carbocycles. The fourth-order valence-corrected chi connectivity index (χ4v) is 1.54. The van der Waals surface area contributed by atoms with E-state index in [1.165, 1.54) is 6.92 Å². The largest absolute Gasteiger partial charge is 0.493 e. The third-order valence-corrected chi connectivity index (χ3v) is 2.62. The van der Waals surface area contributed by atoms with Crippen molar-refractivity contribution in [3.05, 3.63) is 53.4 Å². The van der Waals surface area contributed by atoms with Crippen LogP contribution in [0.3, 0.4) is 0 Å². The Kier molecular flexibility index (Phi) is 2.25. The summed E-state index contributed by atoms with van der Waals surface area (Å²) in [4.78, 5) is 0. The maximum Gasteiger partial charge on any atom is 0.160 e. The molecular weight excluding hydrogens is 316 g/mol. The SMILES string of the molecule is [2H]c1c([2H])c(C)c([2H])c(OCC([2H])(O)C([2H])([2H])CC([2H])([2H])C([2H])([2H])c2c([2H])c([2H])c(OC([2H])([2H])[2H])c(OC([2H])([2H])[2H])c2[2H])c1[2H]. The van der Waals surface area contributed by atoms with E-state index in [4.69, 9.17) is 32.2 Å². The predicted molar refractivity (Wildman–Crippen MR) is 99.8 cm³/mol. The van der Waals surface area contributed by atoms with Gasteiger partial charge in [-0.25, -0.2) is 0 Å². The smallest absolute Gasteiger partial charge is 0.160 e. The second-order valence-corrected chi connectivity index (χ2v) is 4.46. The maximum atomic E-state index is 10.7. The van der Waals surface area contributed by atoms with Gasteiger partial charge in [-0.05, 0) is 61.3 Å². The van der Waals surface area contributed by atoms with Gasteiger partial charge in [0.25, 0.3) is 0 Å². The molecule has 0 spiro atoms. The molecule has 0 bridgehead atoms. The quantitative estimate of drug-likeness (QED) is 0.687. The van der Waals surface area contributed by atoms with Gasteiger partial charge in [0.05, 0.1) is 39.3 Å². The van der Waals surface area contributed by atoms with E-state index in [-0.39, 0.29) is 5.56 Å². The summed E-state index contributed by atoms with van der Waals surface area (Å²) in [6.45, 7) is -0.118. The minimum absolute atomic E-state index is 0.102. The van der Waals surface area contributed by atoms with Crippen molar-refractivity contribution in [2.45, 2.75) is 38.5 Å². The van der Waals surface area contributed by atoms with Crippen LogP contribution in [-0.4, -0.2) is 31.9 Å². The average Bonchev–Trinajstić information content (AvgIpc) is 2.84. The summed E-state index contributed by atoms with van der Waals surface area (Å²) >= 11 is 0.